The second-order valence-corrected chi connectivity index (χ2v) is 6.96. The number of aromatic nitrogens is 5. The molecule has 0 N–H and O–H groups in total. The summed E-state index contributed by atoms with van der Waals surface area (Å²) in [7, 11) is 0. The molecule has 4 aromatic rings. The number of hydrogen-bond donors (Lipinski definition) is 0. The monoisotopic (exact) mass is 383 g/mol. The first-order valence-corrected chi connectivity index (χ1v) is 9.24. The van der Waals surface area contributed by atoms with Gasteiger partial charge in [0.2, 0.25) is 11.7 Å². The Morgan fingerprint density at radius 3 is 2.88 bits per heavy atom. The molecule has 0 amide bonds. The Kier molecular flexibility index (Phi) is 4.73. The molecular weight excluding hydrogens is 370 g/mol. The van der Waals surface area contributed by atoms with Gasteiger partial charge in [-0.2, -0.15) is 4.98 Å². The summed E-state index contributed by atoms with van der Waals surface area (Å²) in [5.41, 5.74) is 2.97. The van der Waals surface area contributed by atoms with E-state index in [0.717, 1.165) is 22.0 Å². The van der Waals surface area contributed by atoms with Crippen molar-refractivity contribution in [1.29, 1.82) is 0 Å². The average Bonchev–Trinajstić information content (AvgIpc) is 3.30. The Labute approximate surface area is 159 Å². The lowest BCUT2D eigenvalue weighted by Gasteiger charge is -2.05. The Morgan fingerprint density at radius 2 is 2.04 bits per heavy atom. The van der Waals surface area contributed by atoms with Crippen LogP contribution < -0.4 is 0 Å². The summed E-state index contributed by atoms with van der Waals surface area (Å²) in [5, 5.41) is 13.6. The summed E-state index contributed by atoms with van der Waals surface area (Å²) in [5.74, 6) is 1.63. The first-order valence-electron chi connectivity index (χ1n) is 7.88. The lowest BCUT2D eigenvalue weighted by atomic mass is 10.1. The summed E-state index contributed by atoms with van der Waals surface area (Å²) in [6.45, 7) is 2.02. The van der Waals surface area contributed by atoms with Crippen molar-refractivity contribution in [3.05, 3.63) is 71.3 Å². The number of benzene rings is 2. The maximum absolute atomic E-state index is 6.07. The van der Waals surface area contributed by atoms with Crippen LogP contribution in [0, 0.1) is 6.92 Å². The Hall–Kier alpha value is -2.64. The van der Waals surface area contributed by atoms with Crippen molar-refractivity contribution < 1.29 is 4.52 Å². The summed E-state index contributed by atoms with van der Waals surface area (Å²) >= 11 is 7.54. The van der Waals surface area contributed by atoms with Crippen LogP contribution in [-0.4, -0.2) is 24.9 Å². The van der Waals surface area contributed by atoms with Crippen molar-refractivity contribution in [3.8, 4) is 17.1 Å². The average molecular weight is 384 g/mol. The fourth-order valence-corrected chi connectivity index (χ4v) is 3.45. The van der Waals surface area contributed by atoms with E-state index in [0.29, 0.717) is 22.5 Å². The van der Waals surface area contributed by atoms with Gasteiger partial charge in [-0.3, -0.25) is 4.57 Å². The first kappa shape index (κ1) is 16.8. The molecule has 2 heterocycles. The highest BCUT2D eigenvalue weighted by atomic mass is 35.5. The van der Waals surface area contributed by atoms with Gasteiger partial charge in [0.25, 0.3) is 0 Å². The molecule has 0 radical (unpaired) electrons. The highest BCUT2D eigenvalue weighted by Crippen LogP contribution is 2.26. The number of thioether (sulfide) groups is 1. The van der Waals surface area contributed by atoms with E-state index >= 15 is 0 Å². The standard InChI is InChI=1S/C18H14ClN5OS/c1-12-5-2-3-8-15(12)17-21-16(25-23-17)10-26-18-22-20-11-24(18)14-7-4-6-13(19)9-14/h2-9,11H,10H2,1H3. The van der Waals surface area contributed by atoms with E-state index in [9.17, 15) is 0 Å². The normalized spacial score (nSPS) is 11.0. The van der Waals surface area contributed by atoms with E-state index in [2.05, 4.69) is 20.3 Å². The van der Waals surface area contributed by atoms with Gasteiger partial charge in [-0.25, -0.2) is 0 Å². The molecule has 4 rings (SSSR count). The van der Waals surface area contributed by atoms with Crippen molar-refractivity contribution in [2.24, 2.45) is 0 Å². The Morgan fingerprint density at radius 1 is 1.15 bits per heavy atom. The molecule has 8 heteroatoms. The van der Waals surface area contributed by atoms with Crippen LogP contribution in [0.5, 0.6) is 0 Å². The van der Waals surface area contributed by atoms with Gasteiger partial charge < -0.3 is 4.52 Å². The second kappa shape index (κ2) is 7.31. The van der Waals surface area contributed by atoms with E-state index in [4.69, 9.17) is 16.1 Å². The fraction of sp³-hybridized carbons (Fsp3) is 0.111. The number of aryl methyl sites for hydroxylation is 1. The van der Waals surface area contributed by atoms with Crippen molar-refractivity contribution in [3.63, 3.8) is 0 Å². The molecule has 0 saturated carbocycles. The molecule has 0 bridgehead atoms. The van der Waals surface area contributed by atoms with E-state index < -0.39 is 0 Å². The molecule has 2 aromatic heterocycles. The van der Waals surface area contributed by atoms with Crippen LogP contribution >= 0.6 is 23.4 Å². The largest absolute Gasteiger partial charge is 0.338 e. The van der Waals surface area contributed by atoms with Crippen LogP contribution in [-0.2, 0) is 5.75 Å². The molecule has 0 fully saturated rings. The molecule has 0 saturated heterocycles. The molecule has 0 spiro atoms. The van der Waals surface area contributed by atoms with Gasteiger partial charge >= 0.3 is 0 Å². The first-order chi connectivity index (χ1) is 12.7. The topological polar surface area (TPSA) is 69.6 Å². The number of rotatable bonds is 5. The Bertz CT molecular complexity index is 1050. The predicted molar refractivity (Wildman–Crippen MR) is 100 cm³/mol. The molecule has 0 unspecified atom stereocenters. The van der Waals surface area contributed by atoms with Crippen LogP contribution in [0.1, 0.15) is 11.5 Å². The minimum absolute atomic E-state index is 0.498. The maximum Gasteiger partial charge on any atom is 0.237 e. The smallest absolute Gasteiger partial charge is 0.237 e. The van der Waals surface area contributed by atoms with E-state index in [1.165, 1.54) is 11.8 Å². The predicted octanol–water partition coefficient (Wildman–Crippen LogP) is 4.57. The third-order valence-electron chi connectivity index (χ3n) is 3.78. The van der Waals surface area contributed by atoms with Gasteiger partial charge in [0.05, 0.1) is 11.4 Å². The van der Waals surface area contributed by atoms with Crippen LogP contribution in [0.2, 0.25) is 5.02 Å². The zero-order valence-corrected chi connectivity index (χ0v) is 15.4. The van der Waals surface area contributed by atoms with Gasteiger partial charge in [-0.15, -0.1) is 10.2 Å². The number of halogens is 1. The maximum atomic E-state index is 6.07. The van der Waals surface area contributed by atoms with E-state index in [1.807, 2.05) is 60.0 Å². The summed E-state index contributed by atoms with van der Waals surface area (Å²) in [6, 6.07) is 15.5. The number of nitrogens with zero attached hydrogens (tertiary/aromatic N) is 5. The second-order valence-electron chi connectivity index (χ2n) is 5.58. The minimum Gasteiger partial charge on any atom is -0.338 e. The quantitative estimate of drug-likeness (QED) is 0.470. The summed E-state index contributed by atoms with van der Waals surface area (Å²) in [4.78, 5) is 4.48. The molecule has 26 heavy (non-hydrogen) atoms. The van der Waals surface area contributed by atoms with Crippen LogP contribution in [0.4, 0.5) is 0 Å². The third-order valence-corrected chi connectivity index (χ3v) is 4.94. The molecule has 0 aliphatic rings. The molecule has 130 valence electrons. The van der Waals surface area contributed by atoms with Crippen molar-refractivity contribution in [1.82, 2.24) is 24.9 Å². The molecule has 0 aliphatic heterocycles. The highest BCUT2D eigenvalue weighted by Gasteiger charge is 2.13. The van der Waals surface area contributed by atoms with Crippen molar-refractivity contribution in [2.75, 3.05) is 0 Å². The lowest BCUT2D eigenvalue weighted by molar-refractivity contribution is 0.391. The van der Waals surface area contributed by atoms with E-state index in [1.54, 1.807) is 6.33 Å². The lowest BCUT2D eigenvalue weighted by Crippen LogP contribution is -1.95. The summed E-state index contributed by atoms with van der Waals surface area (Å²) < 4.78 is 7.25. The van der Waals surface area contributed by atoms with Gasteiger partial charge in [-0.1, -0.05) is 58.9 Å². The molecular formula is C18H14ClN5OS. The molecule has 0 atom stereocenters. The van der Waals surface area contributed by atoms with Crippen molar-refractivity contribution >= 4 is 23.4 Å². The molecule has 2 aromatic carbocycles. The summed E-state index contributed by atoms with van der Waals surface area (Å²) in [6.07, 6.45) is 1.65. The fourth-order valence-electron chi connectivity index (χ4n) is 2.50. The minimum atomic E-state index is 0.498. The van der Waals surface area contributed by atoms with Gasteiger partial charge in [0.15, 0.2) is 5.16 Å². The van der Waals surface area contributed by atoms with E-state index in [-0.39, 0.29) is 0 Å². The van der Waals surface area contributed by atoms with Gasteiger partial charge in [0.1, 0.15) is 6.33 Å². The van der Waals surface area contributed by atoms with Gasteiger partial charge in [0, 0.05) is 10.6 Å². The molecule has 6 nitrogen and oxygen atoms in total. The number of hydrogen-bond acceptors (Lipinski definition) is 6. The van der Waals surface area contributed by atoms with Gasteiger partial charge in [-0.05, 0) is 30.7 Å². The zero-order chi connectivity index (χ0) is 17.9. The van der Waals surface area contributed by atoms with Crippen molar-refractivity contribution in [2.45, 2.75) is 17.8 Å². The SMILES string of the molecule is Cc1ccccc1-c1noc(CSc2nncn2-c2cccc(Cl)c2)n1. The highest BCUT2D eigenvalue weighted by molar-refractivity contribution is 7.98. The van der Waals surface area contributed by atoms with Crippen LogP contribution in [0.25, 0.3) is 17.1 Å². The third kappa shape index (κ3) is 3.49. The van der Waals surface area contributed by atoms with Crippen LogP contribution in [0.15, 0.2) is 64.5 Å². The zero-order valence-electron chi connectivity index (χ0n) is 13.8. The molecule has 0 aliphatic carbocycles. The Balaban J connectivity index is 1.51. The van der Waals surface area contributed by atoms with Crippen LogP contribution in [0.3, 0.4) is 0 Å².